The molecule has 1 unspecified atom stereocenters. The van der Waals surface area contributed by atoms with Crippen LogP contribution in [-0.4, -0.2) is 27.4 Å². The number of nitrogens with zero attached hydrogens (tertiary/aromatic N) is 2. The number of carbonyl (C=O) groups is 2. The average Bonchev–Trinajstić information content (AvgIpc) is 3.16. The van der Waals surface area contributed by atoms with Gasteiger partial charge in [0.2, 0.25) is 0 Å². The molecule has 3 aromatic rings. The number of aromatic nitrogens is 1. The maximum atomic E-state index is 13.1. The van der Waals surface area contributed by atoms with Gasteiger partial charge in [-0.25, -0.2) is 9.78 Å². The van der Waals surface area contributed by atoms with Gasteiger partial charge in [0, 0.05) is 6.42 Å². The van der Waals surface area contributed by atoms with E-state index in [0.717, 1.165) is 27.2 Å². The summed E-state index contributed by atoms with van der Waals surface area (Å²) in [6.07, 6.45) is 2.01. The lowest BCUT2D eigenvalue weighted by molar-refractivity contribution is -0.132. The summed E-state index contributed by atoms with van der Waals surface area (Å²) in [5.74, 6) is -0.128. The Bertz CT molecular complexity index is 1010. The Balaban J connectivity index is 1.43. The Kier molecular flexibility index (Phi) is 3.37. The molecule has 1 N–H and O–H groups in total. The van der Waals surface area contributed by atoms with E-state index in [2.05, 4.69) is 16.4 Å². The van der Waals surface area contributed by atoms with Crippen LogP contribution in [0.25, 0.3) is 10.2 Å². The molecule has 5 nitrogen and oxygen atoms in total. The van der Waals surface area contributed by atoms with Crippen LogP contribution in [0.15, 0.2) is 48.5 Å². The molecule has 1 spiro atoms. The Morgan fingerprint density at radius 3 is 2.69 bits per heavy atom. The van der Waals surface area contributed by atoms with E-state index in [4.69, 9.17) is 0 Å². The zero-order valence-corrected chi connectivity index (χ0v) is 14.9. The quantitative estimate of drug-likeness (QED) is 0.711. The van der Waals surface area contributed by atoms with E-state index in [9.17, 15) is 9.59 Å². The van der Waals surface area contributed by atoms with Crippen molar-refractivity contribution in [1.82, 2.24) is 15.2 Å². The van der Waals surface area contributed by atoms with Crippen LogP contribution in [0.1, 0.15) is 22.6 Å². The molecular formula is C20H17N3O2S. The molecule has 1 aliphatic carbocycles. The molecule has 3 amide bonds. The second-order valence-corrected chi connectivity index (χ2v) is 8.04. The van der Waals surface area contributed by atoms with Gasteiger partial charge in [0.15, 0.2) is 0 Å². The van der Waals surface area contributed by atoms with Gasteiger partial charge >= 0.3 is 6.03 Å². The average molecular weight is 363 g/mol. The molecule has 130 valence electrons. The lowest BCUT2D eigenvalue weighted by Gasteiger charge is -2.32. The highest BCUT2D eigenvalue weighted by atomic mass is 32.1. The van der Waals surface area contributed by atoms with Gasteiger partial charge in [-0.1, -0.05) is 36.4 Å². The predicted octanol–water partition coefficient (Wildman–Crippen LogP) is 3.28. The van der Waals surface area contributed by atoms with Gasteiger partial charge in [-0.05, 0) is 36.1 Å². The fourth-order valence-corrected chi connectivity index (χ4v) is 4.92. The molecule has 1 saturated heterocycles. The topological polar surface area (TPSA) is 62.3 Å². The number of imide groups is 1. The maximum absolute atomic E-state index is 13.1. The van der Waals surface area contributed by atoms with Crippen molar-refractivity contribution in [2.75, 3.05) is 0 Å². The number of nitrogens with one attached hydrogen (secondary N) is 1. The van der Waals surface area contributed by atoms with E-state index in [1.54, 1.807) is 0 Å². The first-order valence-corrected chi connectivity index (χ1v) is 9.52. The molecule has 2 aromatic carbocycles. The van der Waals surface area contributed by atoms with E-state index >= 15 is 0 Å². The summed E-state index contributed by atoms with van der Waals surface area (Å²) in [5.41, 5.74) is 2.52. The first-order valence-electron chi connectivity index (χ1n) is 8.70. The first-order chi connectivity index (χ1) is 12.6. The summed E-state index contributed by atoms with van der Waals surface area (Å²) in [7, 11) is 0. The molecule has 2 heterocycles. The Hall–Kier alpha value is -2.73. The van der Waals surface area contributed by atoms with Crippen molar-refractivity contribution in [2.45, 2.75) is 31.3 Å². The van der Waals surface area contributed by atoms with Crippen molar-refractivity contribution in [3.8, 4) is 0 Å². The van der Waals surface area contributed by atoms with Crippen LogP contribution in [-0.2, 0) is 24.2 Å². The van der Waals surface area contributed by atoms with E-state index in [-0.39, 0.29) is 18.5 Å². The SMILES string of the molecule is O=C1NC2(CCc3ccccc3C2)C(=O)N1Cc1nc2ccccc2s1. The van der Waals surface area contributed by atoms with E-state index in [1.165, 1.54) is 21.8 Å². The number of fused-ring (bicyclic) bond motifs is 2. The fourth-order valence-electron chi connectivity index (χ4n) is 3.97. The van der Waals surface area contributed by atoms with Crippen LogP contribution in [0, 0.1) is 0 Å². The highest BCUT2D eigenvalue weighted by Gasteiger charge is 2.52. The molecule has 0 radical (unpaired) electrons. The van der Waals surface area contributed by atoms with Gasteiger partial charge in [-0.15, -0.1) is 11.3 Å². The van der Waals surface area contributed by atoms with Crippen LogP contribution in [0.3, 0.4) is 0 Å². The van der Waals surface area contributed by atoms with Gasteiger partial charge in [-0.2, -0.15) is 0 Å². The molecule has 5 rings (SSSR count). The van der Waals surface area contributed by atoms with Crippen molar-refractivity contribution < 1.29 is 9.59 Å². The van der Waals surface area contributed by atoms with Gasteiger partial charge in [0.25, 0.3) is 5.91 Å². The minimum Gasteiger partial charge on any atom is -0.323 e. The monoisotopic (exact) mass is 363 g/mol. The second kappa shape index (κ2) is 5.64. The van der Waals surface area contributed by atoms with E-state index in [0.29, 0.717) is 12.8 Å². The molecule has 0 saturated carbocycles. The van der Waals surface area contributed by atoms with Crippen molar-refractivity contribution in [1.29, 1.82) is 0 Å². The van der Waals surface area contributed by atoms with Crippen molar-refractivity contribution >= 4 is 33.5 Å². The smallest absolute Gasteiger partial charge is 0.323 e. The summed E-state index contributed by atoms with van der Waals surface area (Å²) in [5, 5.41) is 3.76. The third kappa shape index (κ3) is 2.33. The lowest BCUT2D eigenvalue weighted by Crippen LogP contribution is -2.51. The van der Waals surface area contributed by atoms with Crippen LogP contribution < -0.4 is 5.32 Å². The van der Waals surface area contributed by atoms with E-state index < -0.39 is 5.54 Å². The van der Waals surface area contributed by atoms with E-state index in [1.807, 2.05) is 42.5 Å². The summed E-state index contributed by atoms with van der Waals surface area (Å²) in [6, 6.07) is 15.7. The Morgan fingerprint density at radius 2 is 1.85 bits per heavy atom. The normalized spacial score (nSPS) is 22.1. The maximum Gasteiger partial charge on any atom is 0.325 e. The third-order valence-corrected chi connectivity index (χ3v) is 6.33. The fraction of sp³-hybridized carbons (Fsp3) is 0.250. The number of amides is 3. The van der Waals surface area contributed by atoms with Crippen molar-refractivity contribution in [2.24, 2.45) is 0 Å². The molecule has 6 heteroatoms. The molecule has 1 aromatic heterocycles. The number of hydrogen-bond acceptors (Lipinski definition) is 4. The van der Waals surface area contributed by atoms with Gasteiger partial charge in [0.05, 0.1) is 16.8 Å². The van der Waals surface area contributed by atoms with Gasteiger partial charge in [0.1, 0.15) is 10.5 Å². The number of thiazole rings is 1. The molecule has 26 heavy (non-hydrogen) atoms. The summed E-state index contributed by atoms with van der Waals surface area (Å²) in [4.78, 5) is 31.6. The number of rotatable bonds is 2. The zero-order chi connectivity index (χ0) is 17.7. The minimum absolute atomic E-state index is 0.128. The largest absolute Gasteiger partial charge is 0.325 e. The number of benzene rings is 2. The second-order valence-electron chi connectivity index (χ2n) is 6.92. The molecule has 1 fully saturated rings. The summed E-state index contributed by atoms with van der Waals surface area (Å²) >= 11 is 1.53. The number of urea groups is 1. The zero-order valence-electron chi connectivity index (χ0n) is 14.1. The lowest BCUT2D eigenvalue weighted by atomic mass is 9.78. The van der Waals surface area contributed by atoms with Crippen LogP contribution in [0.4, 0.5) is 4.79 Å². The Morgan fingerprint density at radius 1 is 1.08 bits per heavy atom. The summed E-state index contributed by atoms with van der Waals surface area (Å²) in [6.45, 7) is 0.230. The standard InChI is InChI=1S/C20H17N3O2S/c24-18-20(10-9-13-5-1-2-6-14(13)11-20)22-19(25)23(18)12-17-21-15-7-3-4-8-16(15)26-17/h1-8H,9-12H2,(H,22,25). The number of carbonyl (C=O) groups excluding carboxylic acids is 2. The van der Waals surface area contributed by atoms with Crippen molar-refractivity contribution in [3.05, 3.63) is 64.7 Å². The molecule has 0 bridgehead atoms. The first kappa shape index (κ1) is 15.5. The molecule has 1 aliphatic heterocycles. The third-order valence-electron chi connectivity index (χ3n) is 5.31. The summed E-state index contributed by atoms with van der Waals surface area (Å²) < 4.78 is 1.07. The number of hydrogen-bond donors (Lipinski definition) is 1. The highest BCUT2D eigenvalue weighted by Crippen LogP contribution is 2.34. The van der Waals surface area contributed by atoms with Gasteiger partial charge < -0.3 is 5.32 Å². The molecule has 2 aliphatic rings. The number of aryl methyl sites for hydroxylation is 1. The predicted molar refractivity (Wildman–Crippen MR) is 99.9 cm³/mol. The number of para-hydroxylation sites is 1. The van der Waals surface area contributed by atoms with Crippen LogP contribution in [0.2, 0.25) is 0 Å². The Labute approximate surface area is 154 Å². The van der Waals surface area contributed by atoms with Crippen molar-refractivity contribution in [3.63, 3.8) is 0 Å². The molecule has 1 atom stereocenters. The van der Waals surface area contributed by atoms with Crippen LogP contribution in [0.5, 0.6) is 0 Å². The van der Waals surface area contributed by atoms with Crippen LogP contribution >= 0.6 is 11.3 Å². The highest BCUT2D eigenvalue weighted by molar-refractivity contribution is 7.18. The van der Waals surface area contributed by atoms with Gasteiger partial charge in [-0.3, -0.25) is 9.69 Å². The minimum atomic E-state index is -0.803. The molecular weight excluding hydrogens is 346 g/mol.